The Kier molecular flexibility index (Phi) is 6.61. The zero-order valence-electron chi connectivity index (χ0n) is 17.5. The number of ether oxygens (including phenoxy) is 1. The highest BCUT2D eigenvalue weighted by Gasteiger charge is 2.11. The van der Waals surface area contributed by atoms with Gasteiger partial charge in [-0.15, -0.1) is 11.3 Å². The molecular formula is C24H22FN3O3S. The molecule has 2 aromatic carbocycles. The summed E-state index contributed by atoms with van der Waals surface area (Å²) in [6.07, 6.45) is 2.02. The fraction of sp³-hybridized carbons (Fsp3) is 0.208. The minimum Gasteiger partial charge on any atom is -0.494 e. The molecule has 4 rings (SSSR count). The van der Waals surface area contributed by atoms with E-state index in [0.29, 0.717) is 47.1 Å². The van der Waals surface area contributed by atoms with Crippen LogP contribution in [-0.4, -0.2) is 34.2 Å². The molecule has 0 atom stereocenters. The van der Waals surface area contributed by atoms with Gasteiger partial charge in [-0.1, -0.05) is 18.2 Å². The molecule has 0 fully saturated rings. The summed E-state index contributed by atoms with van der Waals surface area (Å²) in [7, 11) is 0. The van der Waals surface area contributed by atoms with Crippen molar-refractivity contribution in [2.45, 2.75) is 19.8 Å². The van der Waals surface area contributed by atoms with Crippen LogP contribution in [0.15, 0.2) is 54.2 Å². The number of aliphatic carboxylic acids is 1. The van der Waals surface area contributed by atoms with Crippen molar-refractivity contribution in [3.63, 3.8) is 0 Å². The lowest BCUT2D eigenvalue weighted by atomic mass is 10.1. The lowest BCUT2D eigenvalue weighted by molar-refractivity contribution is -0.136. The van der Waals surface area contributed by atoms with Crippen LogP contribution in [-0.2, 0) is 17.6 Å². The first-order valence-corrected chi connectivity index (χ1v) is 11.1. The van der Waals surface area contributed by atoms with Gasteiger partial charge in [0.25, 0.3) is 0 Å². The van der Waals surface area contributed by atoms with Crippen LogP contribution in [0.1, 0.15) is 18.1 Å². The molecule has 2 aromatic heterocycles. The van der Waals surface area contributed by atoms with E-state index in [9.17, 15) is 9.18 Å². The number of benzene rings is 2. The van der Waals surface area contributed by atoms with Crippen molar-refractivity contribution < 1.29 is 19.0 Å². The van der Waals surface area contributed by atoms with Crippen LogP contribution in [0, 0.1) is 5.82 Å². The van der Waals surface area contributed by atoms with E-state index in [1.54, 1.807) is 18.2 Å². The largest absolute Gasteiger partial charge is 0.494 e. The average molecular weight is 452 g/mol. The van der Waals surface area contributed by atoms with Crippen molar-refractivity contribution in [3.8, 4) is 17.0 Å². The van der Waals surface area contributed by atoms with Crippen LogP contribution in [0.4, 0.5) is 10.2 Å². The molecule has 32 heavy (non-hydrogen) atoms. The number of rotatable bonds is 9. The number of carboxylic acid groups (broad SMARTS) is 1. The van der Waals surface area contributed by atoms with Crippen molar-refractivity contribution >= 4 is 33.2 Å². The van der Waals surface area contributed by atoms with Crippen LogP contribution in [0.3, 0.4) is 0 Å². The van der Waals surface area contributed by atoms with E-state index >= 15 is 0 Å². The molecule has 0 radical (unpaired) electrons. The Balaban J connectivity index is 1.47. The molecule has 0 aliphatic rings. The predicted molar refractivity (Wildman–Crippen MR) is 124 cm³/mol. The highest BCUT2D eigenvalue weighted by atomic mass is 32.1. The second-order valence-corrected chi connectivity index (χ2v) is 8.12. The maximum Gasteiger partial charge on any atom is 0.307 e. The molecule has 0 aliphatic carbocycles. The van der Waals surface area contributed by atoms with Crippen LogP contribution in [0.25, 0.3) is 21.3 Å². The third-order valence-corrected chi connectivity index (χ3v) is 5.90. The van der Waals surface area contributed by atoms with Gasteiger partial charge in [-0.25, -0.2) is 14.4 Å². The van der Waals surface area contributed by atoms with Gasteiger partial charge in [-0.3, -0.25) is 4.79 Å². The van der Waals surface area contributed by atoms with Gasteiger partial charge in [0.05, 0.1) is 23.4 Å². The molecule has 4 aromatic rings. The molecule has 0 bridgehead atoms. The normalized spacial score (nSPS) is 10.9. The number of hydrogen-bond donors (Lipinski definition) is 2. The number of aromatic nitrogens is 2. The zero-order valence-corrected chi connectivity index (χ0v) is 18.3. The van der Waals surface area contributed by atoms with Gasteiger partial charge >= 0.3 is 5.97 Å². The Morgan fingerprint density at radius 2 is 2.06 bits per heavy atom. The number of halogens is 1. The quantitative estimate of drug-likeness (QED) is 0.365. The smallest absolute Gasteiger partial charge is 0.307 e. The maximum atomic E-state index is 14.2. The molecule has 8 heteroatoms. The van der Waals surface area contributed by atoms with Gasteiger partial charge in [0.1, 0.15) is 23.7 Å². The summed E-state index contributed by atoms with van der Waals surface area (Å²) in [6, 6.07) is 12.7. The number of carboxylic acids is 1. The van der Waals surface area contributed by atoms with E-state index in [2.05, 4.69) is 15.3 Å². The molecule has 0 spiro atoms. The van der Waals surface area contributed by atoms with E-state index in [0.717, 1.165) is 16.5 Å². The van der Waals surface area contributed by atoms with E-state index < -0.39 is 5.97 Å². The molecule has 0 unspecified atom stereocenters. The summed E-state index contributed by atoms with van der Waals surface area (Å²) in [5, 5.41) is 15.2. The Bertz CT molecular complexity index is 1260. The number of nitrogens with one attached hydrogen (secondary N) is 1. The monoisotopic (exact) mass is 451 g/mol. The molecule has 2 N–H and O–H groups in total. The SMILES string of the molecule is CCOc1cc(-c2cc(NCCc3cc(F)c4sccc4c3)ncn2)ccc1CC(=O)O. The highest BCUT2D eigenvalue weighted by molar-refractivity contribution is 7.17. The van der Waals surface area contributed by atoms with E-state index in [4.69, 9.17) is 9.84 Å². The Morgan fingerprint density at radius 3 is 2.88 bits per heavy atom. The fourth-order valence-corrected chi connectivity index (χ4v) is 4.29. The number of carbonyl (C=O) groups is 1. The van der Waals surface area contributed by atoms with Crippen molar-refractivity contribution in [1.29, 1.82) is 0 Å². The topological polar surface area (TPSA) is 84.3 Å². The molecule has 164 valence electrons. The molecular weight excluding hydrogens is 429 g/mol. The number of hydrogen-bond acceptors (Lipinski definition) is 6. The van der Waals surface area contributed by atoms with Crippen molar-refractivity contribution in [1.82, 2.24) is 9.97 Å². The molecule has 0 aliphatic heterocycles. The third-order valence-electron chi connectivity index (χ3n) is 4.96. The molecule has 6 nitrogen and oxygen atoms in total. The number of anilines is 1. The molecule has 0 saturated heterocycles. The summed E-state index contributed by atoms with van der Waals surface area (Å²) in [6.45, 7) is 2.88. The maximum absolute atomic E-state index is 14.2. The lowest BCUT2D eigenvalue weighted by Crippen LogP contribution is -2.07. The first kappa shape index (κ1) is 21.7. The van der Waals surface area contributed by atoms with Crippen molar-refractivity contribution in [2.24, 2.45) is 0 Å². The summed E-state index contributed by atoms with van der Waals surface area (Å²) < 4.78 is 20.5. The second-order valence-electron chi connectivity index (χ2n) is 7.21. The second kappa shape index (κ2) is 9.74. The number of fused-ring (bicyclic) bond motifs is 1. The summed E-state index contributed by atoms with van der Waals surface area (Å²) in [5.41, 5.74) is 3.03. The Morgan fingerprint density at radius 1 is 1.19 bits per heavy atom. The highest BCUT2D eigenvalue weighted by Crippen LogP contribution is 2.28. The minimum absolute atomic E-state index is 0.107. The van der Waals surface area contributed by atoms with Crippen LogP contribution in [0.2, 0.25) is 0 Å². The van der Waals surface area contributed by atoms with Crippen molar-refractivity contribution in [2.75, 3.05) is 18.5 Å². The first-order valence-electron chi connectivity index (χ1n) is 10.2. The lowest BCUT2D eigenvalue weighted by Gasteiger charge is -2.12. The Hall–Kier alpha value is -3.52. The standard InChI is InChI=1S/C24H22FN3O3S/c1-2-31-21-11-16(3-4-17(21)12-23(29)30)20-13-22(28-14-27-20)26-7-5-15-9-18-6-8-32-24(18)19(25)10-15/h3-4,6,8-11,13-14H,2,5,7,12H2,1H3,(H,29,30)(H,26,27,28). The van der Waals surface area contributed by atoms with E-state index in [1.807, 2.05) is 36.6 Å². The summed E-state index contributed by atoms with van der Waals surface area (Å²) in [5.74, 6) is 0.0875. The number of nitrogens with zero attached hydrogens (tertiary/aromatic N) is 2. The van der Waals surface area contributed by atoms with E-state index in [1.165, 1.54) is 17.7 Å². The van der Waals surface area contributed by atoms with Gasteiger partial charge < -0.3 is 15.2 Å². The van der Waals surface area contributed by atoms with Crippen LogP contribution in [0.5, 0.6) is 5.75 Å². The van der Waals surface area contributed by atoms with Gasteiger partial charge in [0.15, 0.2) is 0 Å². The van der Waals surface area contributed by atoms with Crippen LogP contribution < -0.4 is 10.1 Å². The van der Waals surface area contributed by atoms with Crippen LogP contribution >= 0.6 is 11.3 Å². The first-order chi connectivity index (χ1) is 15.5. The average Bonchev–Trinajstić information content (AvgIpc) is 3.24. The predicted octanol–water partition coefficient (Wildman–Crippen LogP) is 5.18. The summed E-state index contributed by atoms with van der Waals surface area (Å²) >= 11 is 1.40. The summed E-state index contributed by atoms with van der Waals surface area (Å²) in [4.78, 5) is 19.7. The molecule has 2 heterocycles. The van der Waals surface area contributed by atoms with E-state index in [-0.39, 0.29) is 12.2 Å². The van der Waals surface area contributed by atoms with Gasteiger partial charge in [-0.2, -0.15) is 0 Å². The molecule has 0 amide bonds. The van der Waals surface area contributed by atoms with Gasteiger partial charge in [0.2, 0.25) is 0 Å². The fourth-order valence-electron chi connectivity index (χ4n) is 3.50. The Labute approximate surface area is 188 Å². The van der Waals surface area contributed by atoms with Gasteiger partial charge in [-0.05, 0) is 47.9 Å². The zero-order chi connectivity index (χ0) is 22.5. The third kappa shape index (κ3) is 5.03. The molecule has 0 saturated carbocycles. The number of thiophene rings is 1. The van der Waals surface area contributed by atoms with Gasteiger partial charge in [0, 0.05) is 23.7 Å². The minimum atomic E-state index is -0.912. The van der Waals surface area contributed by atoms with Crippen molar-refractivity contribution in [3.05, 3.63) is 71.1 Å².